The fourth-order valence-corrected chi connectivity index (χ4v) is 3.04. The van der Waals surface area contributed by atoms with Crippen molar-refractivity contribution in [2.75, 3.05) is 0 Å². The summed E-state index contributed by atoms with van der Waals surface area (Å²) in [7, 11) is 0. The number of pyridine rings is 1. The van der Waals surface area contributed by atoms with Crippen LogP contribution in [0.1, 0.15) is 19.0 Å². The Morgan fingerprint density at radius 3 is 2.76 bits per heavy atom. The molecular formula is C14H14N2O4S. The van der Waals surface area contributed by atoms with E-state index in [4.69, 9.17) is 5.11 Å². The number of carboxylic acids is 1. The Bertz CT molecular complexity index is 717. The third-order valence-electron chi connectivity index (χ3n) is 3.09. The number of fused-ring (bicyclic) bond motifs is 1. The summed E-state index contributed by atoms with van der Waals surface area (Å²) in [5.74, 6) is -0.889. The average molecular weight is 306 g/mol. The van der Waals surface area contributed by atoms with Crippen molar-refractivity contribution in [1.82, 2.24) is 4.98 Å². The molecule has 1 unspecified atom stereocenters. The van der Waals surface area contributed by atoms with Crippen LogP contribution in [0, 0.1) is 17.0 Å². The van der Waals surface area contributed by atoms with Gasteiger partial charge in [-0.2, -0.15) is 0 Å². The summed E-state index contributed by atoms with van der Waals surface area (Å²) in [5, 5.41) is 20.8. The van der Waals surface area contributed by atoms with E-state index in [0.717, 1.165) is 10.6 Å². The van der Waals surface area contributed by atoms with Crippen LogP contribution in [-0.4, -0.2) is 26.2 Å². The number of thioether (sulfide) groups is 1. The molecule has 2 rings (SSSR count). The van der Waals surface area contributed by atoms with Gasteiger partial charge < -0.3 is 5.11 Å². The summed E-state index contributed by atoms with van der Waals surface area (Å²) in [6.07, 6.45) is 1.94. The summed E-state index contributed by atoms with van der Waals surface area (Å²) < 4.78 is 0. The van der Waals surface area contributed by atoms with Gasteiger partial charge in [0.05, 0.1) is 10.3 Å². The molecular weight excluding hydrogens is 292 g/mol. The molecule has 1 aromatic heterocycles. The van der Waals surface area contributed by atoms with Gasteiger partial charge in [0.15, 0.2) is 0 Å². The van der Waals surface area contributed by atoms with Crippen molar-refractivity contribution in [1.29, 1.82) is 0 Å². The topological polar surface area (TPSA) is 93.3 Å². The van der Waals surface area contributed by atoms with Crippen LogP contribution >= 0.6 is 11.8 Å². The maximum Gasteiger partial charge on any atom is 0.316 e. The van der Waals surface area contributed by atoms with E-state index in [1.54, 1.807) is 26.0 Å². The van der Waals surface area contributed by atoms with Crippen LogP contribution < -0.4 is 0 Å². The van der Waals surface area contributed by atoms with Gasteiger partial charge in [0.1, 0.15) is 5.25 Å². The first-order chi connectivity index (χ1) is 9.93. The van der Waals surface area contributed by atoms with E-state index < -0.39 is 16.1 Å². The SMILES string of the molecule is CCC(Sc1ccc([N+](=O)[O-])c2cnc(C)cc12)C(=O)O. The van der Waals surface area contributed by atoms with E-state index in [2.05, 4.69) is 4.98 Å². The lowest BCUT2D eigenvalue weighted by Gasteiger charge is -2.12. The Balaban J connectivity index is 2.59. The lowest BCUT2D eigenvalue weighted by Crippen LogP contribution is -2.14. The van der Waals surface area contributed by atoms with Gasteiger partial charge in [0.2, 0.25) is 0 Å². The largest absolute Gasteiger partial charge is 0.480 e. The van der Waals surface area contributed by atoms with E-state index in [9.17, 15) is 14.9 Å². The normalized spacial score (nSPS) is 12.3. The molecule has 0 saturated heterocycles. The van der Waals surface area contributed by atoms with Gasteiger partial charge in [0.25, 0.3) is 5.69 Å². The van der Waals surface area contributed by atoms with E-state index in [0.29, 0.717) is 17.2 Å². The molecule has 2 aromatic rings. The third kappa shape index (κ3) is 3.13. The number of non-ortho nitro benzene ring substituents is 1. The minimum Gasteiger partial charge on any atom is -0.480 e. The fraction of sp³-hybridized carbons (Fsp3) is 0.286. The Morgan fingerprint density at radius 1 is 1.48 bits per heavy atom. The highest BCUT2D eigenvalue weighted by molar-refractivity contribution is 8.00. The zero-order valence-electron chi connectivity index (χ0n) is 11.6. The summed E-state index contributed by atoms with van der Waals surface area (Å²) in [6, 6.07) is 4.76. The number of carboxylic acid groups (broad SMARTS) is 1. The quantitative estimate of drug-likeness (QED) is 0.517. The van der Waals surface area contributed by atoms with Crippen molar-refractivity contribution in [3.8, 4) is 0 Å². The number of aromatic nitrogens is 1. The van der Waals surface area contributed by atoms with Crippen LogP contribution in [0.25, 0.3) is 10.8 Å². The lowest BCUT2D eigenvalue weighted by molar-refractivity contribution is -0.383. The number of hydrogen-bond donors (Lipinski definition) is 1. The van der Waals surface area contributed by atoms with Crippen molar-refractivity contribution in [3.05, 3.63) is 40.2 Å². The van der Waals surface area contributed by atoms with Gasteiger partial charge in [0, 0.05) is 28.2 Å². The molecule has 0 spiro atoms. The van der Waals surface area contributed by atoms with Crippen LogP contribution in [0.4, 0.5) is 5.69 Å². The van der Waals surface area contributed by atoms with Gasteiger partial charge in [-0.1, -0.05) is 6.92 Å². The van der Waals surface area contributed by atoms with E-state index in [-0.39, 0.29) is 5.69 Å². The van der Waals surface area contributed by atoms with E-state index >= 15 is 0 Å². The monoisotopic (exact) mass is 306 g/mol. The number of hydrogen-bond acceptors (Lipinski definition) is 5. The molecule has 0 amide bonds. The molecule has 0 aliphatic carbocycles. The number of aliphatic carboxylic acids is 1. The lowest BCUT2D eigenvalue weighted by atomic mass is 10.1. The maximum absolute atomic E-state index is 11.2. The van der Waals surface area contributed by atoms with Crippen molar-refractivity contribution in [3.63, 3.8) is 0 Å². The maximum atomic E-state index is 11.2. The molecule has 21 heavy (non-hydrogen) atoms. The molecule has 6 nitrogen and oxygen atoms in total. The number of rotatable bonds is 5. The van der Waals surface area contributed by atoms with Crippen LogP contribution in [0.3, 0.4) is 0 Å². The molecule has 1 heterocycles. The first-order valence-corrected chi connectivity index (χ1v) is 7.25. The van der Waals surface area contributed by atoms with Crippen LogP contribution in [0.15, 0.2) is 29.3 Å². The van der Waals surface area contributed by atoms with Gasteiger partial charge in [-0.25, -0.2) is 0 Å². The molecule has 7 heteroatoms. The van der Waals surface area contributed by atoms with Gasteiger partial charge in [-0.15, -0.1) is 11.8 Å². The van der Waals surface area contributed by atoms with Crippen molar-refractivity contribution < 1.29 is 14.8 Å². The highest BCUT2D eigenvalue weighted by Gasteiger charge is 2.21. The van der Waals surface area contributed by atoms with Crippen LogP contribution in [0.5, 0.6) is 0 Å². The Morgan fingerprint density at radius 2 is 2.19 bits per heavy atom. The average Bonchev–Trinajstić information content (AvgIpc) is 2.43. The molecule has 0 radical (unpaired) electrons. The summed E-state index contributed by atoms with van der Waals surface area (Å²) in [5.41, 5.74) is 0.707. The van der Waals surface area contributed by atoms with Crippen molar-refractivity contribution in [2.45, 2.75) is 30.4 Å². The Labute approximate surface area is 125 Å². The van der Waals surface area contributed by atoms with Crippen LogP contribution in [-0.2, 0) is 4.79 Å². The van der Waals surface area contributed by atoms with Crippen molar-refractivity contribution in [2.24, 2.45) is 0 Å². The standard InChI is InChI=1S/C14H14N2O4S/c1-3-12(14(17)18)21-13-5-4-11(16(19)20)10-7-15-8(2)6-9(10)13/h4-7,12H,3H2,1-2H3,(H,17,18). The zero-order chi connectivity index (χ0) is 15.6. The molecule has 1 aromatic carbocycles. The molecule has 0 saturated carbocycles. The second kappa shape index (κ2) is 6.09. The number of nitrogens with zero attached hydrogens (tertiary/aromatic N) is 2. The third-order valence-corrected chi connectivity index (χ3v) is 4.52. The zero-order valence-corrected chi connectivity index (χ0v) is 12.4. The van der Waals surface area contributed by atoms with Gasteiger partial charge in [-0.3, -0.25) is 19.9 Å². The molecule has 0 fully saturated rings. The highest BCUT2D eigenvalue weighted by Crippen LogP contribution is 2.36. The number of aryl methyl sites for hydroxylation is 1. The number of benzene rings is 1. The predicted molar refractivity (Wildman–Crippen MR) is 80.7 cm³/mol. The molecule has 1 atom stereocenters. The van der Waals surface area contributed by atoms with Gasteiger partial charge in [-0.05, 0) is 25.5 Å². The minimum absolute atomic E-state index is 0.0229. The smallest absolute Gasteiger partial charge is 0.316 e. The fourth-order valence-electron chi connectivity index (χ4n) is 2.03. The summed E-state index contributed by atoms with van der Waals surface area (Å²) in [4.78, 5) is 26.6. The van der Waals surface area contributed by atoms with Crippen molar-refractivity contribution >= 4 is 34.2 Å². The number of carbonyl (C=O) groups is 1. The summed E-state index contributed by atoms with van der Waals surface area (Å²) >= 11 is 1.21. The molecule has 0 bridgehead atoms. The van der Waals surface area contributed by atoms with E-state index in [1.807, 2.05) is 0 Å². The molecule has 110 valence electrons. The number of nitro groups is 1. The molecule has 0 aliphatic heterocycles. The summed E-state index contributed by atoms with van der Waals surface area (Å²) in [6.45, 7) is 3.59. The van der Waals surface area contributed by atoms with E-state index in [1.165, 1.54) is 24.0 Å². The molecule has 0 aliphatic rings. The van der Waals surface area contributed by atoms with Crippen LogP contribution in [0.2, 0.25) is 0 Å². The predicted octanol–water partition coefficient (Wildman–Crippen LogP) is 3.41. The highest BCUT2D eigenvalue weighted by atomic mass is 32.2. The first kappa shape index (κ1) is 15.2. The first-order valence-electron chi connectivity index (χ1n) is 6.37. The second-order valence-corrected chi connectivity index (χ2v) is 5.81. The number of nitro benzene ring substituents is 1. The van der Waals surface area contributed by atoms with Gasteiger partial charge >= 0.3 is 5.97 Å². The Hall–Kier alpha value is -2.15. The molecule has 1 N–H and O–H groups in total. The Kier molecular flexibility index (Phi) is 4.42. The second-order valence-electron chi connectivity index (χ2n) is 4.56. The minimum atomic E-state index is -0.889.